The van der Waals surface area contributed by atoms with Crippen molar-refractivity contribution in [1.82, 2.24) is 4.90 Å². The zero-order valence-corrected chi connectivity index (χ0v) is 14.3. The molecule has 1 fully saturated rings. The van der Waals surface area contributed by atoms with Gasteiger partial charge in [0.05, 0.1) is 5.41 Å². The average molecular weight is 322 g/mol. The van der Waals surface area contributed by atoms with E-state index < -0.39 is 5.41 Å². The number of hydrogen-bond acceptors (Lipinski definition) is 3. The molecule has 128 valence electrons. The van der Waals surface area contributed by atoms with Crippen LogP contribution in [0.1, 0.15) is 32.3 Å². The van der Waals surface area contributed by atoms with Crippen LogP contribution in [0.4, 0.5) is 4.39 Å². The van der Waals surface area contributed by atoms with Crippen LogP contribution in [0.2, 0.25) is 0 Å². The lowest BCUT2D eigenvalue weighted by atomic mass is 9.72. The van der Waals surface area contributed by atoms with E-state index in [1.54, 1.807) is 17.0 Å². The molecule has 1 amide bonds. The van der Waals surface area contributed by atoms with Crippen molar-refractivity contribution in [3.63, 3.8) is 0 Å². The number of nitrogens with two attached hydrogens (primary N) is 1. The highest BCUT2D eigenvalue weighted by Crippen LogP contribution is 2.37. The predicted molar refractivity (Wildman–Crippen MR) is 88.6 cm³/mol. The lowest BCUT2D eigenvalue weighted by Crippen LogP contribution is -2.51. The first-order valence-electron chi connectivity index (χ1n) is 8.10. The predicted octanol–water partition coefficient (Wildman–Crippen LogP) is 2.32. The summed E-state index contributed by atoms with van der Waals surface area (Å²) >= 11 is 0. The molecule has 2 N–H and O–H groups in total. The maximum absolute atomic E-state index is 13.3. The minimum atomic E-state index is -0.634. The Bertz CT molecular complexity index is 536. The molecular weight excluding hydrogens is 295 g/mol. The van der Waals surface area contributed by atoms with Gasteiger partial charge in [-0.3, -0.25) is 4.79 Å². The van der Waals surface area contributed by atoms with Gasteiger partial charge in [0.2, 0.25) is 5.91 Å². The number of rotatable bonds is 5. The molecule has 1 aliphatic heterocycles. The number of hydrogen-bond donors (Lipinski definition) is 1. The Balaban J connectivity index is 2.30. The van der Waals surface area contributed by atoms with Crippen molar-refractivity contribution >= 4 is 5.91 Å². The second-order valence-electron chi connectivity index (χ2n) is 7.23. The van der Waals surface area contributed by atoms with Crippen LogP contribution in [-0.2, 0) is 14.9 Å². The first-order chi connectivity index (χ1) is 10.8. The van der Waals surface area contributed by atoms with Gasteiger partial charge in [-0.1, -0.05) is 26.0 Å². The number of amides is 1. The van der Waals surface area contributed by atoms with E-state index in [0.717, 1.165) is 5.56 Å². The Morgan fingerprint density at radius 2 is 1.87 bits per heavy atom. The second-order valence-corrected chi connectivity index (χ2v) is 7.23. The lowest BCUT2D eigenvalue weighted by molar-refractivity contribution is -0.141. The number of nitrogens with zero attached hydrogens (tertiary/aromatic N) is 1. The molecule has 2 rings (SSSR count). The summed E-state index contributed by atoms with van der Waals surface area (Å²) in [4.78, 5) is 15.0. The van der Waals surface area contributed by atoms with Crippen molar-refractivity contribution in [2.75, 3.05) is 33.4 Å². The van der Waals surface area contributed by atoms with E-state index in [9.17, 15) is 9.18 Å². The van der Waals surface area contributed by atoms with Crippen LogP contribution in [0.25, 0.3) is 0 Å². The molecule has 0 atom stereocenters. The minimum absolute atomic E-state index is 0.0638. The summed E-state index contributed by atoms with van der Waals surface area (Å²) in [6.45, 7) is 6.27. The van der Waals surface area contributed by atoms with Gasteiger partial charge in [-0.15, -0.1) is 0 Å². The molecule has 1 saturated heterocycles. The summed E-state index contributed by atoms with van der Waals surface area (Å²) in [7, 11) is 1.82. The number of carbonyl (C=O) groups is 1. The molecule has 0 radical (unpaired) electrons. The van der Waals surface area contributed by atoms with Gasteiger partial charge in [-0.2, -0.15) is 0 Å². The lowest BCUT2D eigenvalue weighted by Gasteiger charge is -2.41. The smallest absolute Gasteiger partial charge is 0.233 e. The Morgan fingerprint density at radius 3 is 2.39 bits per heavy atom. The van der Waals surface area contributed by atoms with Crippen LogP contribution in [0.5, 0.6) is 0 Å². The van der Waals surface area contributed by atoms with E-state index in [2.05, 4.69) is 0 Å². The first kappa shape index (κ1) is 17.9. The molecule has 1 aromatic carbocycles. The summed E-state index contributed by atoms with van der Waals surface area (Å²) in [5.74, 6) is -0.227. The van der Waals surface area contributed by atoms with Crippen molar-refractivity contribution in [2.45, 2.75) is 32.1 Å². The highest BCUT2D eigenvalue weighted by molar-refractivity contribution is 5.88. The number of likely N-dealkylation sites (N-methyl/N-ethyl adjacent to an activating group) is 1. The van der Waals surface area contributed by atoms with E-state index >= 15 is 0 Å². The summed E-state index contributed by atoms with van der Waals surface area (Å²) < 4.78 is 18.7. The van der Waals surface area contributed by atoms with Crippen LogP contribution < -0.4 is 5.73 Å². The summed E-state index contributed by atoms with van der Waals surface area (Å²) in [6, 6.07) is 6.29. The van der Waals surface area contributed by atoms with Gasteiger partial charge in [0, 0.05) is 26.8 Å². The number of benzene rings is 1. The van der Waals surface area contributed by atoms with Crippen LogP contribution in [0.3, 0.4) is 0 Å². The van der Waals surface area contributed by atoms with Gasteiger partial charge in [0.25, 0.3) is 0 Å². The number of carbonyl (C=O) groups excluding carboxylic acids is 1. The molecule has 1 aromatic rings. The summed E-state index contributed by atoms with van der Waals surface area (Å²) in [6.07, 6.45) is 1.23. The van der Waals surface area contributed by atoms with Crippen LogP contribution in [-0.4, -0.2) is 44.2 Å². The zero-order valence-electron chi connectivity index (χ0n) is 14.3. The van der Waals surface area contributed by atoms with E-state index in [-0.39, 0.29) is 17.1 Å². The molecule has 4 nitrogen and oxygen atoms in total. The molecule has 0 spiro atoms. The van der Waals surface area contributed by atoms with Gasteiger partial charge >= 0.3 is 0 Å². The maximum Gasteiger partial charge on any atom is 0.233 e. The van der Waals surface area contributed by atoms with Gasteiger partial charge in [0.15, 0.2) is 0 Å². The zero-order chi connectivity index (χ0) is 17.1. The molecule has 0 aromatic heterocycles. The van der Waals surface area contributed by atoms with Crippen molar-refractivity contribution in [2.24, 2.45) is 11.1 Å². The molecule has 0 unspecified atom stereocenters. The molecule has 5 heteroatoms. The molecular formula is C18H27FN2O2. The van der Waals surface area contributed by atoms with Gasteiger partial charge < -0.3 is 15.4 Å². The van der Waals surface area contributed by atoms with Crippen LogP contribution in [0.15, 0.2) is 24.3 Å². The Kier molecular flexibility index (Phi) is 5.42. The topological polar surface area (TPSA) is 55.6 Å². The fraction of sp³-hybridized carbons (Fsp3) is 0.611. The van der Waals surface area contributed by atoms with Crippen molar-refractivity contribution in [3.05, 3.63) is 35.6 Å². The molecule has 23 heavy (non-hydrogen) atoms. The minimum Gasteiger partial charge on any atom is -0.381 e. The SMILES string of the molecule is CN(CC(C)(C)CN)C(=O)C1(c2ccc(F)cc2)CCOCC1. The maximum atomic E-state index is 13.3. The summed E-state index contributed by atoms with van der Waals surface area (Å²) in [5.41, 5.74) is 5.89. The second kappa shape index (κ2) is 6.97. The fourth-order valence-corrected chi connectivity index (χ4v) is 3.26. The molecule has 1 aliphatic rings. The van der Waals surface area contributed by atoms with Gasteiger partial charge in [-0.25, -0.2) is 4.39 Å². The Hall–Kier alpha value is -1.46. The Labute approximate surface area is 137 Å². The quantitative estimate of drug-likeness (QED) is 0.905. The third-order valence-electron chi connectivity index (χ3n) is 4.72. The standard InChI is InChI=1S/C18H27FN2O2/c1-17(2,12-20)13-21(3)16(22)18(8-10-23-11-9-18)14-4-6-15(19)7-5-14/h4-7H,8-13,20H2,1-3H3. The van der Waals surface area contributed by atoms with Crippen LogP contribution in [0, 0.1) is 11.2 Å². The number of halogens is 1. The number of ether oxygens (including phenoxy) is 1. The van der Waals surface area contributed by atoms with Crippen molar-refractivity contribution in [1.29, 1.82) is 0 Å². The fourth-order valence-electron chi connectivity index (χ4n) is 3.26. The van der Waals surface area contributed by atoms with Crippen molar-refractivity contribution in [3.8, 4) is 0 Å². The normalized spacial score (nSPS) is 17.8. The molecule has 1 heterocycles. The van der Waals surface area contributed by atoms with Gasteiger partial charge in [-0.05, 0) is 42.5 Å². The monoisotopic (exact) mass is 322 g/mol. The van der Waals surface area contributed by atoms with Crippen LogP contribution >= 0.6 is 0 Å². The highest BCUT2D eigenvalue weighted by Gasteiger charge is 2.43. The van der Waals surface area contributed by atoms with E-state index in [1.807, 2.05) is 20.9 Å². The summed E-state index contributed by atoms with van der Waals surface area (Å²) in [5, 5.41) is 0. The Morgan fingerprint density at radius 1 is 1.30 bits per heavy atom. The third-order valence-corrected chi connectivity index (χ3v) is 4.72. The van der Waals surface area contributed by atoms with E-state index in [1.165, 1.54) is 12.1 Å². The van der Waals surface area contributed by atoms with Crippen molar-refractivity contribution < 1.29 is 13.9 Å². The molecule has 0 bridgehead atoms. The molecule has 0 aliphatic carbocycles. The van der Waals surface area contributed by atoms with Gasteiger partial charge in [0.1, 0.15) is 5.82 Å². The average Bonchev–Trinajstić information content (AvgIpc) is 2.55. The van der Waals surface area contributed by atoms with E-state index in [0.29, 0.717) is 39.1 Å². The highest BCUT2D eigenvalue weighted by atomic mass is 19.1. The largest absolute Gasteiger partial charge is 0.381 e. The first-order valence-corrected chi connectivity index (χ1v) is 8.10. The van der Waals surface area contributed by atoms with E-state index in [4.69, 9.17) is 10.5 Å². The third kappa shape index (κ3) is 3.90. The molecule has 0 saturated carbocycles.